The summed E-state index contributed by atoms with van der Waals surface area (Å²) in [5, 5.41) is 3.37. The van der Waals surface area contributed by atoms with Gasteiger partial charge in [0.25, 0.3) is 5.91 Å². The van der Waals surface area contributed by atoms with Gasteiger partial charge in [0.05, 0.1) is 10.5 Å². The van der Waals surface area contributed by atoms with Gasteiger partial charge < -0.3 is 15.2 Å². The van der Waals surface area contributed by atoms with Gasteiger partial charge in [0.1, 0.15) is 0 Å². The van der Waals surface area contributed by atoms with Crippen LogP contribution in [0.1, 0.15) is 24.2 Å². The largest absolute Gasteiger partial charge is 0.340 e. The van der Waals surface area contributed by atoms with Crippen molar-refractivity contribution < 1.29 is 13.2 Å². The van der Waals surface area contributed by atoms with E-state index in [1.165, 1.54) is 33.5 Å². The molecule has 9 heteroatoms. The molecule has 0 aliphatic carbocycles. The molecule has 2 aromatic rings. The van der Waals surface area contributed by atoms with Crippen LogP contribution in [-0.4, -0.2) is 68.8 Å². The Morgan fingerprint density at radius 3 is 2.44 bits per heavy atom. The molecule has 27 heavy (non-hydrogen) atoms. The third kappa shape index (κ3) is 4.37. The summed E-state index contributed by atoms with van der Waals surface area (Å²) < 4.78 is 27.0. The van der Waals surface area contributed by atoms with Crippen LogP contribution in [0, 0.1) is 0 Å². The highest BCUT2D eigenvalue weighted by molar-refractivity contribution is 7.89. The first-order valence-corrected chi connectivity index (χ1v) is 10.3. The Bertz CT molecular complexity index is 981. The smallest absolute Gasteiger partial charge is 0.254 e. The van der Waals surface area contributed by atoms with Crippen molar-refractivity contribution in [3.63, 3.8) is 0 Å². The van der Waals surface area contributed by atoms with Crippen LogP contribution in [-0.2, 0) is 10.0 Å². The topological polar surface area (TPSA) is 103 Å². The summed E-state index contributed by atoms with van der Waals surface area (Å²) in [5.41, 5.74) is 0.197. The zero-order valence-electron chi connectivity index (χ0n) is 16.1. The molecule has 1 aromatic heterocycles. The van der Waals surface area contributed by atoms with Crippen molar-refractivity contribution in [2.24, 2.45) is 0 Å². The van der Waals surface area contributed by atoms with Gasteiger partial charge in [-0.3, -0.25) is 9.59 Å². The number of fused-ring (bicyclic) bond motifs is 1. The predicted molar refractivity (Wildman–Crippen MR) is 106 cm³/mol. The van der Waals surface area contributed by atoms with Crippen LogP contribution >= 0.6 is 0 Å². The van der Waals surface area contributed by atoms with Crippen molar-refractivity contribution >= 4 is 26.8 Å². The molecule has 1 heterocycles. The van der Waals surface area contributed by atoms with E-state index < -0.39 is 15.6 Å². The van der Waals surface area contributed by atoms with Gasteiger partial charge in [-0.25, -0.2) is 8.42 Å². The van der Waals surface area contributed by atoms with Crippen molar-refractivity contribution in [2.45, 2.75) is 18.7 Å². The fourth-order valence-electron chi connectivity index (χ4n) is 2.87. The summed E-state index contributed by atoms with van der Waals surface area (Å²) in [6.07, 6.45) is 0. The van der Waals surface area contributed by atoms with Crippen molar-refractivity contribution in [3.8, 4) is 0 Å². The number of nitrogens with zero attached hydrogens (tertiary/aromatic N) is 2. The Balaban J connectivity index is 2.62. The van der Waals surface area contributed by atoms with E-state index in [0.29, 0.717) is 37.1 Å². The van der Waals surface area contributed by atoms with Crippen LogP contribution in [0.5, 0.6) is 0 Å². The van der Waals surface area contributed by atoms with E-state index in [1.807, 2.05) is 0 Å². The number of benzene rings is 1. The minimum Gasteiger partial charge on any atom is -0.340 e. The molecule has 0 radical (unpaired) electrons. The first kappa shape index (κ1) is 21.1. The van der Waals surface area contributed by atoms with E-state index in [4.69, 9.17) is 0 Å². The van der Waals surface area contributed by atoms with Gasteiger partial charge in [0, 0.05) is 50.2 Å². The van der Waals surface area contributed by atoms with E-state index >= 15 is 0 Å². The van der Waals surface area contributed by atoms with Gasteiger partial charge in [-0.1, -0.05) is 13.8 Å². The van der Waals surface area contributed by atoms with E-state index in [2.05, 4.69) is 10.3 Å². The molecular formula is C18H26N4O4S. The summed E-state index contributed by atoms with van der Waals surface area (Å²) in [7, 11) is -0.248. The van der Waals surface area contributed by atoms with Crippen LogP contribution < -0.4 is 10.9 Å². The number of likely N-dealkylation sites (N-methyl/N-ethyl adjacent to an activating group) is 2. The number of aromatic nitrogens is 1. The van der Waals surface area contributed by atoms with Crippen molar-refractivity contribution in [1.82, 2.24) is 19.5 Å². The molecule has 148 valence electrons. The van der Waals surface area contributed by atoms with E-state index in [9.17, 15) is 18.0 Å². The average Bonchev–Trinajstić information content (AvgIpc) is 2.65. The summed E-state index contributed by atoms with van der Waals surface area (Å²) in [6.45, 7) is 5.30. The number of hydrogen-bond acceptors (Lipinski definition) is 5. The lowest BCUT2D eigenvalue weighted by molar-refractivity contribution is 0.0798. The fourth-order valence-corrected chi connectivity index (χ4v) is 4.35. The third-order valence-electron chi connectivity index (χ3n) is 4.43. The van der Waals surface area contributed by atoms with Crippen LogP contribution in [0.25, 0.3) is 10.9 Å². The highest BCUT2D eigenvalue weighted by atomic mass is 32.2. The number of carbonyl (C=O) groups excluding carboxylic acids is 1. The minimum atomic E-state index is -3.67. The van der Waals surface area contributed by atoms with Crippen LogP contribution in [0.15, 0.2) is 34.0 Å². The standard InChI is InChI=1S/C18H26N4O4S/c1-5-22(6-2)27(25,26)13-7-8-16-14(11-13)15(12-17(23)20-16)18(24)21(4)10-9-19-3/h7-8,11-12,19H,5-6,9-10H2,1-4H3,(H,20,23). The molecule has 0 bridgehead atoms. The molecule has 0 aliphatic rings. The molecule has 0 saturated carbocycles. The molecular weight excluding hydrogens is 368 g/mol. The van der Waals surface area contributed by atoms with Gasteiger partial charge in [-0.15, -0.1) is 0 Å². The lowest BCUT2D eigenvalue weighted by atomic mass is 10.1. The molecule has 0 fully saturated rings. The number of pyridine rings is 1. The molecule has 0 unspecified atom stereocenters. The molecule has 8 nitrogen and oxygen atoms in total. The number of amides is 1. The first-order chi connectivity index (χ1) is 12.8. The summed E-state index contributed by atoms with van der Waals surface area (Å²) in [4.78, 5) is 29.0. The molecule has 1 aromatic carbocycles. The van der Waals surface area contributed by atoms with Gasteiger partial charge in [-0.2, -0.15) is 4.31 Å². The monoisotopic (exact) mass is 394 g/mol. The van der Waals surface area contributed by atoms with Gasteiger partial charge in [0.2, 0.25) is 15.6 Å². The summed E-state index contributed by atoms with van der Waals surface area (Å²) in [5.74, 6) is -0.335. The number of sulfonamides is 1. The number of carbonyl (C=O) groups is 1. The molecule has 0 aliphatic heterocycles. The minimum absolute atomic E-state index is 0.0951. The summed E-state index contributed by atoms with van der Waals surface area (Å²) >= 11 is 0. The third-order valence-corrected chi connectivity index (χ3v) is 6.48. The average molecular weight is 394 g/mol. The number of rotatable bonds is 8. The second kappa shape index (κ2) is 8.64. The molecule has 1 amide bonds. The van der Waals surface area contributed by atoms with Gasteiger partial charge in [0.15, 0.2) is 0 Å². The lowest BCUT2D eigenvalue weighted by Crippen LogP contribution is -2.33. The second-order valence-corrected chi connectivity index (χ2v) is 8.11. The Kier molecular flexibility index (Phi) is 6.74. The highest BCUT2D eigenvalue weighted by Gasteiger charge is 2.23. The molecule has 2 rings (SSSR count). The molecule has 0 atom stereocenters. The van der Waals surface area contributed by atoms with E-state index in [0.717, 1.165) is 0 Å². The quantitative estimate of drug-likeness (QED) is 0.691. The highest BCUT2D eigenvalue weighted by Crippen LogP contribution is 2.23. The zero-order chi connectivity index (χ0) is 20.2. The Labute approximate surface area is 159 Å². The van der Waals surface area contributed by atoms with Gasteiger partial charge >= 0.3 is 0 Å². The SMILES string of the molecule is CCN(CC)S(=O)(=O)c1ccc2[nH]c(=O)cc(C(=O)N(C)CCNC)c2c1. The predicted octanol–water partition coefficient (Wildman–Crippen LogP) is 0.850. The Morgan fingerprint density at radius 1 is 1.19 bits per heavy atom. The molecule has 0 saturated heterocycles. The molecule has 0 spiro atoms. The maximum atomic E-state index is 12.8. The lowest BCUT2D eigenvalue weighted by Gasteiger charge is -2.20. The number of hydrogen-bond donors (Lipinski definition) is 2. The Hall–Kier alpha value is -2.23. The number of H-pyrrole nitrogens is 1. The Morgan fingerprint density at radius 2 is 1.85 bits per heavy atom. The first-order valence-electron chi connectivity index (χ1n) is 8.83. The second-order valence-electron chi connectivity index (χ2n) is 6.17. The van der Waals surface area contributed by atoms with Crippen molar-refractivity contribution in [3.05, 3.63) is 40.2 Å². The maximum Gasteiger partial charge on any atom is 0.254 e. The van der Waals surface area contributed by atoms with Crippen LogP contribution in [0.3, 0.4) is 0 Å². The molecule has 2 N–H and O–H groups in total. The van der Waals surface area contributed by atoms with Gasteiger partial charge in [-0.05, 0) is 25.2 Å². The van der Waals surface area contributed by atoms with Crippen molar-refractivity contribution in [2.75, 3.05) is 40.3 Å². The van der Waals surface area contributed by atoms with Crippen molar-refractivity contribution in [1.29, 1.82) is 0 Å². The van der Waals surface area contributed by atoms with Crippen LogP contribution in [0.2, 0.25) is 0 Å². The zero-order valence-corrected chi connectivity index (χ0v) is 16.9. The van der Waals surface area contributed by atoms with E-state index in [1.54, 1.807) is 27.9 Å². The van der Waals surface area contributed by atoms with Crippen LogP contribution in [0.4, 0.5) is 0 Å². The fraction of sp³-hybridized carbons (Fsp3) is 0.444. The number of nitrogens with one attached hydrogen (secondary N) is 2. The van der Waals surface area contributed by atoms with E-state index in [-0.39, 0.29) is 16.4 Å². The number of aromatic amines is 1. The summed E-state index contributed by atoms with van der Waals surface area (Å²) in [6, 6.07) is 5.65. The maximum absolute atomic E-state index is 12.8. The normalized spacial score (nSPS) is 11.9.